The summed E-state index contributed by atoms with van der Waals surface area (Å²) in [5.74, 6) is 0.218. The van der Waals surface area contributed by atoms with Crippen LogP contribution < -0.4 is 4.72 Å². The topological polar surface area (TPSA) is 118 Å². The van der Waals surface area contributed by atoms with Gasteiger partial charge in [-0.25, -0.2) is 8.42 Å². The second-order valence-corrected chi connectivity index (χ2v) is 6.68. The fourth-order valence-corrected chi connectivity index (χ4v) is 3.17. The van der Waals surface area contributed by atoms with Crippen molar-refractivity contribution < 1.29 is 13.2 Å². The smallest absolute Gasteiger partial charge is 0.261 e. The minimum Gasteiger partial charge on any atom is -0.295 e. The van der Waals surface area contributed by atoms with E-state index in [0.717, 1.165) is 0 Å². The Balaban J connectivity index is 1.84. The number of nitrogens with one attached hydrogen (secondary N) is 2. The van der Waals surface area contributed by atoms with Crippen molar-refractivity contribution in [3.8, 4) is 11.4 Å². The van der Waals surface area contributed by atoms with Crippen molar-refractivity contribution in [3.05, 3.63) is 54.1 Å². The summed E-state index contributed by atoms with van der Waals surface area (Å²) < 4.78 is 27.3. The Morgan fingerprint density at radius 2 is 1.88 bits per heavy atom. The highest BCUT2D eigenvalue weighted by molar-refractivity contribution is 7.92. The Morgan fingerprint density at radius 1 is 1.12 bits per heavy atom. The maximum Gasteiger partial charge on any atom is 0.261 e. The van der Waals surface area contributed by atoms with Gasteiger partial charge in [-0.1, -0.05) is 12.1 Å². The summed E-state index contributed by atoms with van der Waals surface area (Å²) in [5, 5.41) is 13.5. The number of nitrogens with zero attached hydrogens (tertiary/aromatic N) is 3. The molecule has 122 valence electrons. The highest BCUT2D eigenvalue weighted by Gasteiger charge is 2.15. The maximum atomic E-state index is 12.4. The number of carbonyl (C=O) groups is 1. The largest absolute Gasteiger partial charge is 0.295 e. The standard InChI is InChI=1S/C15H13N5O3S/c1-10(21)12-3-2-4-14(9-12)24(22,23)18-13-7-5-11(6-8-13)15-16-19-20-17-15/h2-9,18H,1H3,(H,16,17,19,20). The number of hydrogen-bond donors (Lipinski definition) is 2. The quantitative estimate of drug-likeness (QED) is 0.683. The summed E-state index contributed by atoms with van der Waals surface area (Å²) in [6.45, 7) is 1.38. The lowest BCUT2D eigenvalue weighted by molar-refractivity contribution is 0.101. The monoisotopic (exact) mass is 343 g/mol. The van der Waals surface area contributed by atoms with E-state index >= 15 is 0 Å². The third kappa shape index (κ3) is 3.30. The van der Waals surface area contributed by atoms with E-state index < -0.39 is 10.0 Å². The van der Waals surface area contributed by atoms with Gasteiger partial charge in [0.25, 0.3) is 10.0 Å². The Kier molecular flexibility index (Phi) is 4.09. The minimum atomic E-state index is -3.79. The molecule has 1 heterocycles. The predicted octanol–water partition coefficient (Wildman–Crippen LogP) is 1.87. The fourth-order valence-electron chi connectivity index (χ4n) is 2.07. The number of carbonyl (C=O) groups excluding carboxylic acids is 1. The Bertz CT molecular complexity index is 967. The molecule has 1 aromatic heterocycles. The molecule has 0 atom stereocenters. The number of tetrazole rings is 1. The van der Waals surface area contributed by atoms with E-state index in [1.165, 1.54) is 25.1 Å². The Morgan fingerprint density at radius 3 is 2.50 bits per heavy atom. The van der Waals surface area contributed by atoms with Crippen molar-refractivity contribution >= 4 is 21.5 Å². The van der Waals surface area contributed by atoms with Crippen LogP contribution >= 0.6 is 0 Å². The summed E-state index contributed by atoms with van der Waals surface area (Å²) in [5.41, 5.74) is 1.42. The molecule has 9 heteroatoms. The van der Waals surface area contributed by atoms with E-state index in [1.807, 2.05) is 0 Å². The van der Waals surface area contributed by atoms with Gasteiger partial charge < -0.3 is 0 Å². The number of Topliss-reactive ketones (excluding diaryl/α,β-unsaturated/α-hetero) is 1. The molecule has 3 rings (SSSR count). The molecule has 24 heavy (non-hydrogen) atoms. The lowest BCUT2D eigenvalue weighted by Crippen LogP contribution is -2.13. The second kappa shape index (κ2) is 6.20. The van der Waals surface area contributed by atoms with Crippen molar-refractivity contribution in [2.24, 2.45) is 0 Å². The summed E-state index contributed by atoms with van der Waals surface area (Å²) in [7, 11) is -3.79. The molecule has 2 N–H and O–H groups in total. The number of aromatic amines is 1. The number of ketones is 1. The van der Waals surface area contributed by atoms with Gasteiger partial charge >= 0.3 is 0 Å². The Labute approximate surface area is 138 Å². The van der Waals surface area contributed by atoms with Crippen LogP contribution in [0.25, 0.3) is 11.4 Å². The van der Waals surface area contributed by atoms with Crippen LogP contribution in [0.15, 0.2) is 53.4 Å². The number of rotatable bonds is 5. The molecular formula is C15H13N5O3S. The van der Waals surface area contributed by atoms with Gasteiger partial charge in [-0.3, -0.25) is 9.52 Å². The van der Waals surface area contributed by atoms with Crippen LogP contribution in [0.1, 0.15) is 17.3 Å². The zero-order valence-electron chi connectivity index (χ0n) is 12.6. The van der Waals surface area contributed by atoms with Gasteiger partial charge in [-0.05, 0) is 48.5 Å². The van der Waals surface area contributed by atoms with Crippen LogP contribution in [0.2, 0.25) is 0 Å². The molecule has 0 unspecified atom stereocenters. The van der Waals surface area contributed by atoms with Gasteiger partial charge in [-0.2, -0.15) is 5.21 Å². The molecule has 0 fully saturated rings. The zero-order valence-corrected chi connectivity index (χ0v) is 13.4. The van der Waals surface area contributed by atoms with Crippen molar-refractivity contribution in [2.45, 2.75) is 11.8 Å². The van der Waals surface area contributed by atoms with Gasteiger partial charge in [0.15, 0.2) is 5.78 Å². The average molecular weight is 343 g/mol. The van der Waals surface area contributed by atoms with Crippen molar-refractivity contribution in [3.63, 3.8) is 0 Å². The van der Waals surface area contributed by atoms with Gasteiger partial charge in [0.1, 0.15) is 0 Å². The number of H-pyrrole nitrogens is 1. The SMILES string of the molecule is CC(=O)c1cccc(S(=O)(=O)Nc2ccc(-c3nn[nH]n3)cc2)c1. The van der Waals surface area contributed by atoms with Crippen LogP contribution in [-0.2, 0) is 10.0 Å². The normalized spacial score (nSPS) is 11.2. The van der Waals surface area contributed by atoms with Crippen LogP contribution in [0.5, 0.6) is 0 Å². The van der Waals surface area contributed by atoms with E-state index in [9.17, 15) is 13.2 Å². The zero-order chi connectivity index (χ0) is 17.2. The van der Waals surface area contributed by atoms with Gasteiger partial charge in [0.05, 0.1) is 4.90 Å². The Hall–Kier alpha value is -3.07. The maximum absolute atomic E-state index is 12.4. The van der Waals surface area contributed by atoms with Crippen LogP contribution in [0.4, 0.5) is 5.69 Å². The molecule has 0 saturated carbocycles. The lowest BCUT2D eigenvalue weighted by Gasteiger charge is -2.09. The van der Waals surface area contributed by atoms with Gasteiger partial charge in [0, 0.05) is 16.8 Å². The van der Waals surface area contributed by atoms with Gasteiger partial charge in [0.2, 0.25) is 5.82 Å². The average Bonchev–Trinajstić information content (AvgIpc) is 3.10. The summed E-state index contributed by atoms with van der Waals surface area (Å²) >= 11 is 0. The molecule has 0 aliphatic heterocycles. The molecule has 0 amide bonds. The van der Waals surface area contributed by atoms with E-state index in [4.69, 9.17) is 0 Å². The van der Waals surface area contributed by atoms with Crippen LogP contribution in [0, 0.1) is 0 Å². The van der Waals surface area contributed by atoms with E-state index in [2.05, 4.69) is 25.3 Å². The molecule has 0 saturated heterocycles. The number of anilines is 1. The van der Waals surface area contributed by atoms with E-state index in [-0.39, 0.29) is 10.7 Å². The number of aromatic nitrogens is 4. The molecular weight excluding hydrogens is 330 g/mol. The molecule has 0 aliphatic carbocycles. The summed E-state index contributed by atoms with van der Waals surface area (Å²) in [6, 6.07) is 12.4. The molecule has 0 aliphatic rings. The first kappa shape index (κ1) is 15.8. The first-order valence-corrected chi connectivity index (χ1v) is 8.42. The number of hydrogen-bond acceptors (Lipinski definition) is 6. The highest BCUT2D eigenvalue weighted by atomic mass is 32.2. The highest BCUT2D eigenvalue weighted by Crippen LogP contribution is 2.20. The third-order valence-electron chi connectivity index (χ3n) is 3.29. The first-order valence-electron chi connectivity index (χ1n) is 6.93. The predicted molar refractivity (Wildman–Crippen MR) is 86.9 cm³/mol. The molecule has 2 aromatic carbocycles. The van der Waals surface area contributed by atoms with E-state index in [1.54, 1.807) is 30.3 Å². The lowest BCUT2D eigenvalue weighted by atomic mass is 10.2. The molecule has 3 aromatic rings. The number of sulfonamides is 1. The second-order valence-electron chi connectivity index (χ2n) is 5.00. The summed E-state index contributed by atoms with van der Waals surface area (Å²) in [4.78, 5) is 11.4. The van der Waals surface area contributed by atoms with E-state index in [0.29, 0.717) is 22.6 Å². The minimum absolute atomic E-state index is 0.0254. The van der Waals surface area contributed by atoms with Gasteiger partial charge in [-0.15, -0.1) is 10.2 Å². The molecule has 0 spiro atoms. The van der Waals surface area contributed by atoms with Crippen molar-refractivity contribution in [1.82, 2.24) is 20.6 Å². The van der Waals surface area contributed by atoms with Crippen LogP contribution in [-0.4, -0.2) is 34.8 Å². The number of benzene rings is 2. The fraction of sp³-hybridized carbons (Fsp3) is 0.0667. The summed E-state index contributed by atoms with van der Waals surface area (Å²) in [6.07, 6.45) is 0. The first-order chi connectivity index (χ1) is 11.5. The van der Waals surface area contributed by atoms with Crippen molar-refractivity contribution in [2.75, 3.05) is 4.72 Å². The van der Waals surface area contributed by atoms with Crippen molar-refractivity contribution in [1.29, 1.82) is 0 Å². The molecule has 0 bridgehead atoms. The third-order valence-corrected chi connectivity index (χ3v) is 4.67. The van der Waals surface area contributed by atoms with Crippen LogP contribution in [0.3, 0.4) is 0 Å². The molecule has 0 radical (unpaired) electrons. The molecule has 8 nitrogen and oxygen atoms in total.